The molecule has 3 aromatic carbocycles. The van der Waals surface area contributed by atoms with Gasteiger partial charge in [0.25, 0.3) is 5.69 Å². The number of nitrogens with one attached hydrogen (secondary N) is 1. The van der Waals surface area contributed by atoms with Crippen molar-refractivity contribution in [3.05, 3.63) is 98.6 Å². The minimum atomic E-state index is -1.37. The molecule has 0 aromatic heterocycles. The molecule has 34 heavy (non-hydrogen) atoms. The van der Waals surface area contributed by atoms with Crippen LogP contribution in [0.2, 0.25) is 5.02 Å². The fourth-order valence-corrected chi connectivity index (χ4v) is 4.39. The monoisotopic (exact) mass is 482 g/mol. The van der Waals surface area contributed by atoms with Crippen molar-refractivity contribution in [2.75, 3.05) is 13.2 Å². The van der Waals surface area contributed by atoms with Crippen molar-refractivity contribution in [2.45, 2.75) is 24.5 Å². The van der Waals surface area contributed by atoms with E-state index < -0.39 is 23.2 Å². The first-order chi connectivity index (χ1) is 16.4. The molecule has 3 N–H and O–H groups in total. The Kier molecular flexibility index (Phi) is 7.12. The summed E-state index contributed by atoms with van der Waals surface area (Å²) in [6.45, 7) is 0.212. The van der Waals surface area contributed by atoms with Crippen LogP contribution in [0.1, 0.15) is 35.1 Å². The summed E-state index contributed by atoms with van der Waals surface area (Å²) in [5.41, 5.74) is 4.27. The minimum absolute atomic E-state index is 0.0157. The lowest BCUT2D eigenvalue weighted by Gasteiger charge is -2.19. The van der Waals surface area contributed by atoms with Crippen LogP contribution in [0.4, 0.5) is 10.5 Å². The van der Waals surface area contributed by atoms with Crippen LogP contribution in [0.25, 0.3) is 11.1 Å². The molecule has 0 saturated carbocycles. The molecule has 0 spiro atoms. The molecule has 176 valence electrons. The lowest BCUT2D eigenvalue weighted by molar-refractivity contribution is -0.384. The van der Waals surface area contributed by atoms with E-state index in [0.29, 0.717) is 0 Å². The third-order valence-electron chi connectivity index (χ3n) is 5.93. The van der Waals surface area contributed by atoms with Gasteiger partial charge in [-0.05, 0) is 40.3 Å². The summed E-state index contributed by atoms with van der Waals surface area (Å²) in [4.78, 5) is 22.6. The number of nitro benzene ring substituents is 1. The lowest BCUT2D eigenvalue weighted by Crippen LogP contribution is -2.30. The number of alkyl carbamates (subject to hydrolysis) is 1. The van der Waals surface area contributed by atoms with Crippen LogP contribution in [0.15, 0.2) is 66.7 Å². The Balaban J connectivity index is 1.29. The normalized spacial score (nSPS) is 14.1. The minimum Gasteiger partial charge on any atom is -0.449 e. The molecule has 0 fully saturated rings. The van der Waals surface area contributed by atoms with Crippen molar-refractivity contribution in [1.29, 1.82) is 0 Å². The van der Waals surface area contributed by atoms with E-state index >= 15 is 0 Å². The second kappa shape index (κ2) is 10.2. The average molecular weight is 483 g/mol. The first kappa shape index (κ1) is 23.7. The fraction of sp³-hybridized carbons (Fsp3) is 0.240. The summed E-state index contributed by atoms with van der Waals surface area (Å²) < 4.78 is 5.44. The number of nitro groups is 1. The molecule has 0 saturated heterocycles. The number of benzene rings is 3. The van der Waals surface area contributed by atoms with Crippen molar-refractivity contribution in [2.24, 2.45) is 0 Å². The first-order valence-corrected chi connectivity index (χ1v) is 11.1. The van der Waals surface area contributed by atoms with Gasteiger partial charge in [0, 0.05) is 18.5 Å². The van der Waals surface area contributed by atoms with Gasteiger partial charge < -0.3 is 20.3 Å². The molecular weight excluding hydrogens is 460 g/mol. The zero-order chi connectivity index (χ0) is 24.2. The number of carbonyl (C=O) groups is 1. The summed E-state index contributed by atoms with van der Waals surface area (Å²) in [6.07, 6.45) is -3.25. The van der Waals surface area contributed by atoms with E-state index in [9.17, 15) is 25.1 Å². The number of hydrogen-bond acceptors (Lipinski definition) is 6. The zero-order valence-electron chi connectivity index (χ0n) is 18.1. The van der Waals surface area contributed by atoms with Gasteiger partial charge >= 0.3 is 6.09 Å². The number of aliphatic hydroxyl groups is 2. The maximum absolute atomic E-state index is 12.2. The van der Waals surface area contributed by atoms with Gasteiger partial charge in [0.2, 0.25) is 0 Å². The number of rotatable bonds is 8. The first-order valence-electron chi connectivity index (χ1n) is 10.8. The Labute approximate surface area is 200 Å². The maximum Gasteiger partial charge on any atom is 0.407 e. The molecule has 0 radical (unpaired) electrons. The predicted molar refractivity (Wildman–Crippen MR) is 127 cm³/mol. The molecule has 4 rings (SSSR count). The molecular formula is C25H23ClN2O6. The molecule has 3 aromatic rings. The van der Waals surface area contributed by atoms with Crippen molar-refractivity contribution in [1.82, 2.24) is 5.32 Å². The van der Waals surface area contributed by atoms with Crippen molar-refractivity contribution in [3.8, 4) is 11.1 Å². The van der Waals surface area contributed by atoms with Crippen molar-refractivity contribution in [3.63, 3.8) is 0 Å². The SMILES string of the molecule is O=C(NCCC(O)C(O)c1ccc(Cl)c([N+](=O)[O-])c1)OCC1c2ccccc2-c2ccccc21. The summed E-state index contributed by atoms with van der Waals surface area (Å²) in [5.74, 6) is -0.0637. The quantitative estimate of drug-likeness (QED) is 0.319. The van der Waals surface area contributed by atoms with Crippen LogP contribution in [0.3, 0.4) is 0 Å². The average Bonchev–Trinajstić information content (AvgIpc) is 3.16. The van der Waals surface area contributed by atoms with E-state index in [1.807, 2.05) is 36.4 Å². The maximum atomic E-state index is 12.2. The number of ether oxygens (including phenoxy) is 1. The predicted octanol–water partition coefficient (Wildman–Crippen LogP) is 4.57. The van der Waals surface area contributed by atoms with Gasteiger partial charge in [-0.2, -0.15) is 0 Å². The fourth-order valence-electron chi connectivity index (χ4n) is 4.21. The van der Waals surface area contributed by atoms with Gasteiger partial charge in [0.05, 0.1) is 11.0 Å². The molecule has 1 aliphatic rings. The molecule has 0 aliphatic heterocycles. The van der Waals surface area contributed by atoms with E-state index in [-0.39, 0.29) is 41.8 Å². The Bertz CT molecular complexity index is 1170. The Morgan fingerprint density at radius 1 is 1.06 bits per heavy atom. The summed E-state index contributed by atoms with van der Waals surface area (Å²) in [6, 6.07) is 19.9. The van der Waals surface area contributed by atoms with E-state index in [1.165, 1.54) is 12.1 Å². The highest BCUT2D eigenvalue weighted by atomic mass is 35.5. The van der Waals surface area contributed by atoms with Gasteiger partial charge in [0.15, 0.2) is 0 Å². The van der Waals surface area contributed by atoms with E-state index in [2.05, 4.69) is 17.4 Å². The largest absolute Gasteiger partial charge is 0.449 e. The molecule has 8 nitrogen and oxygen atoms in total. The molecule has 0 bridgehead atoms. The Hall–Kier alpha value is -3.46. The van der Waals surface area contributed by atoms with Gasteiger partial charge in [-0.3, -0.25) is 10.1 Å². The van der Waals surface area contributed by atoms with Crippen LogP contribution >= 0.6 is 11.6 Å². The molecule has 2 atom stereocenters. The highest BCUT2D eigenvalue weighted by Gasteiger charge is 2.29. The summed E-state index contributed by atoms with van der Waals surface area (Å²) in [5, 5.41) is 34.1. The van der Waals surface area contributed by atoms with Crippen LogP contribution in [-0.4, -0.2) is 40.5 Å². The lowest BCUT2D eigenvalue weighted by atomic mass is 9.98. The number of nitrogens with zero attached hydrogens (tertiary/aromatic N) is 1. The van der Waals surface area contributed by atoms with E-state index in [1.54, 1.807) is 0 Å². The van der Waals surface area contributed by atoms with Gasteiger partial charge in [0.1, 0.15) is 17.7 Å². The number of fused-ring (bicyclic) bond motifs is 3. The highest BCUT2D eigenvalue weighted by Crippen LogP contribution is 2.44. The van der Waals surface area contributed by atoms with E-state index in [4.69, 9.17) is 16.3 Å². The van der Waals surface area contributed by atoms with E-state index in [0.717, 1.165) is 28.3 Å². The summed E-state index contributed by atoms with van der Waals surface area (Å²) >= 11 is 5.78. The van der Waals surface area contributed by atoms with Crippen molar-refractivity contribution < 1.29 is 24.7 Å². The van der Waals surface area contributed by atoms with Crippen LogP contribution in [0, 0.1) is 10.1 Å². The molecule has 9 heteroatoms. The highest BCUT2D eigenvalue weighted by molar-refractivity contribution is 6.32. The Morgan fingerprint density at radius 2 is 1.68 bits per heavy atom. The van der Waals surface area contributed by atoms with Crippen molar-refractivity contribution >= 4 is 23.4 Å². The smallest absolute Gasteiger partial charge is 0.407 e. The standard InChI is InChI=1S/C25H23ClN2O6/c26-21-10-9-15(13-22(21)28(32)33)24(30)23(29)11-12-27-25(31)34-14-20-18-7-3-1-5-16(18)17-6-2-4-8-19(17)20/h1-10,13,20,23-24,29-30H,11-12,14H2,(H,27,31). The second-order valence-corrected chi connectivity index (χ2v) is 8.43. The number of carbonyl (C=O) groups excluding carboxylic acids is 1. The number of aliphatic hydroxyl groups excluding tert-OH is 2. The van der Waals surface area contributed by atoms with Gasteiger partial charge in [-0.25, -0.2) is 4.79 Å². The molecule has 1 amide bonds. The van der Waals surface area contributed by atoms with Gasteiger partial charge in [-0.15, -0.1) is 0 Å². The Morgan fingerprint density at radius 3 is 2.29 bits per heavy atom. The van der Waals surface area contributed by atoms with Crippen LogP contribution in [-0.2, 0) is 4.74 Å². The second-order valence-electron chi connectivity index (χ2n) is 8.02. The topological polar surface area (TPSA) is 122 Å². The number of halogens is 1. The third kappa shape index (κ3) is 4.89. The molecule has 2 unspecified atom stereocenters. The zero-order valence-corrected chi connectivity index (χ0v) is 18.8. The third-order valence-corrected chi connectivity index (χ3v) is 6.25. The molecule has 1 aliphatic carbocycles. The number of amides is 1. The van der Waals surface area contributed by atoms with Crippen LogP contribution in [0.5, 0.6) is 0 Å². The van der Waals surface area contributed by atoms with Crippen LogP contribution < -0.4 is 5.32 Å². The molecule has 0 heterocycles. The van der Waals surface area contributed by atoms with Gasteiger partial charge in [-0.1, -0.05) is 66.2 Å². The summed E-state index contributed by atoms with van der Waals surface area (Å²) in [7, 11) is 0. The number of hydrogen-bond donors (Lipinski definition) is 3.